The number of benzene rings is 5. The average Bonchev–Trinajstić information content (AvgIpc) is 3.56. The smallest absolute Gasteiger partial charge is 0.334 e. The molecule has 5 aromatic carbocycles. The first-order valence-corrected chi connectivity index (χ1v) is 14.6. The van der Waals surface area contributed by atoms with E-state index in [0.29, 0.717) is 0 Å². The molecule has 1 unspecified atom stereocenters. The van der Waals surface area contributed by atoms with Gasteiger partial charge in [-0.2, -0.15) is 0 Å². The van der Waals surface area contributed by atoms with Gasteiger partial charge in [0.15, 0.2) is 0 Å². The lowest BCUT2D eigenvalue weighted by molar-refractivity contribution is -0.0499. The Labute approximate surface area is 246 Å². The zero-order chi connectivity index (χ0) is 29.0. The maximum Gasteiger partial charge on any atom is 0.334 e. The van der Waals surface area contributed by atoms with Crippen LogP contribution in [0.5, 0.6) is 0 Å². The second-order valence-electron chi connectivity index (χ2n) is 12.0. The Bertz CT molecular complexity index is 2070. The zero-order valence-corrected chi connectivity index (χ0v) is 24.3. The standard InChI is InChI=1S/C37H33BNO3/c1-23(2)36(40)37(3,4)42-38-31-18-11-17-29-28-16-10-15-26(34(28)41-35(29)31)24-20-21-33-30(22-24)27-14-8-9-19-32(27)39(33)25-12-6-5-7-13-25/h5-23,36,40H,1-4H3. The van der Waals surface area contributed by atoms with Gasteiger partial charge in [0.25, 0.3) is 0 Å². The molecule has 42 heavy (non-hydrogen) atoms. The van der Waals surface area contributed by atoms with E-state index in [1.54, 1.807) is 7.48 Å². The SMILES string of the molecule is CC(C)C(O)C(C)(C)O[B]c1cccc2c1oc1c(-c3ccc4c(c3)c3ccccc3n4-c3ccccc3)cccc12. The minimum Gasteiger partial charge on any atom is -0.456 e. The Balaban J connectivity index is 1.35. The van der Waals surface area contributed by atoms with Crippen LogP contribution in [0.4, 0.5) is 0 Å². The van der Waals surface area contributed by atoms with E-state index in [1.165, 1.54) is 21.8 Å². The molecule has 0 amide bonds. The number of aliphatic hydroxyl groups excluding tert-OH is 1. The van der Waals surface area contributed by atoms with Crippen LogP contribution in [0.1, 0.15) is 27.7 Å². The zero-order valence-electron chi connectivity index (χ0n) is 24.3. The van der Waals surface area contributed by atoms with E-state index >= 15 is 0 Å². The average molecular weight is 550 g/mol. The molecule has 0 aliphatic carbocycles. The Morgan fingerprint density at radius 2 is 1.38 bits per heavy atom. The highest BCUT2D eigenvalue weighted by Gasteiger charge is 2.31. The first-order valence-electron chi connectivity index (χ1n) is 14.6. The minimum atomic E-state index is -0.734. The molecule has 1 atom stereocenters. The summed E-state index contributed by atoms with van der Waals surface area (Å²) in [6.07, 6.45) is -0.599. The van der Waals surface area contributed by atoms with Gasteiger partial charge in [0.1, 0.15) is 11.2 Å². The van der Waals surface area contributed by atoms with E-state index in [-0.39, 0.29) is 5.92 Å². The van der Waals surface area contributed by atoms with E-state index in [0.717, 1.165) is 44.2 Å². The molecule has 2 heterocycles. The lowest BCUT2D eigenvalue weighted by Crippen LogP contribution is -2.45. The molecule has 0 aliphatic heterocycles. The van der Waals surface area contributed by atoms with E-state index in [4.69, 9.17) is 9.07 Å². The Morgan fingerprint density at radius 1 is 0.714 bits per heavy atom. The topological polar surface area (TPSA) is 47.5 Å². The number of hydrogen-bond donors (Lipinski definition) is 1. The fourth-order valence-electron chi connectivity index (χ4n) is 6.25. The van der Waals surface area contributed by atoms with Crippen molar-refractivity contribution in [3.05, 3.63) is 109 Å². The van der Waals surface area contributed by atoms with Crippen molar-refractivity contribution < 1.29 is 14.2 Å². The summed E-state index contributed by atoms with van der Waals surface area (Å²) < 4.78 is 15.1. The highest BCUT2D eigenvalue weighted by molar-refractivity contribution is 6.51. The third-order valence-corrected chi connectivity index (χ3v) is 8.39. The van der Waals surface area contributed by atoms with Crippen molar-refractivity contribution in [1.82, 2.24) is 4.57 Å². The van der Waals surface area contributed by atoms with Crippen molar-refractivity contribution in [2.45, 2.75) is 39.4 Å². The molecule has 0 spiro atoms. The number of nitrogens with zero attached hydrogens (tertiary/aromatic N) is 1. The highest BCUT2D eigenvalue weighted by atomic mass is 16.5. The molecule has 0 saturated heterocycles. The van der Waals surface area contributed by atoms with Crippen LogP contribution >= 0.6 is 0 Å². The van der Waals surface area contributed by atoms with Crippen LogP contribution in [0.2, 0.25) is 0 Å². The largest absolute Gasteiger partial charge is 0.456 e. The number of aliphatic hydroxyl groups is 1. The lowest BCUT2D eigenvalue weighted by Gasteiger charge is -2.33. The molecule has 0 fully saturated rings. The van der Waals surface area contributed by atoms with Gasteiger partial charge in [-0.25, -0.2) is 0 Å². The van der Waals surface area contributed by atoms with Crippen molar-refractivity contribution in [1.29, 1.82) is 0 Å². The Morgan fingerprint density at radius 3 is 2.17 bits per heavy atom. The lowest BCUT2D eigenvalue weighted by atomic mass is 9.83. The van der Waals surface area contributed by atoms with Gasteiger partial charge in [-0.15, -0.1) is 0 Å². The summed E-state index contributed by atoms with van der Waals surface area (Å²) in [6.45, 7) is 7.81. The van der Waals surface area contributed by atoms with Crippen molar-refractivity contribution >= 4 is 56.7 Å². The van der Waals surface area contributed by atoms with Crippen LogP contribution in [-0.4, -0.2) is 28.9 Å². The summed E-state index contributed by atoms with van der Waals surface area (Å²) in [7, 11) is 1.72. The number of rotatable bonds is 7. The number of furan rings is 1. The second-order valence-corrected chi connectivity index (χ2v) is 12.0. The molecular formula is C37H33BNO3. The summed E-state index contributed by atoms with van der Waals surface area (Å²) in [6, 6.07) is 38.2. The maximum absolute atomic E-state index is 10.7. The highest BCUT2D eigenvalue weighted by Crippen LogP contribution is 2.39. The summed E-state index contributed by atoms with van der Waals surface area (Å²) in [5.41, 5.74) is 7.38. The van der Waals surface area contributed by atoms with Crippen LogP contribution in [0.3, 0.4) is 0 Å². The predicted molar refractivity (Wildman–Crippen MR) is 175 cm³/mol. The molecule has 1 radical (unpaired) electrons. The van der Waals surface area contributed by atoms with E-state index in [9.17, 15) is 5.11 Å². The summed E-state index contributed by atoms with van der Waals surface area (Å²) in [4.78, 5) is 0. The third kappa shape index (κ3) is 4.32. The Kier molecular flexibility index (Phi) is 6.45. The van der Waals surface area contributed by atoms with E-state index < -0.39 is 11.7 Å². The van der Waals surface area contributed by atoms with Gasteiger partial charge >= 0.3 is 7.48 Å². The van der Waals surface area contributed by atoms with Crippen LogP contribution in [0, 0.1) is 5.92 Å². The molecule has 7 rings (SSSR count). The number of fused-ring (bicyclic) bond motifs is 6. The van der Waals surface area contributed by atoms with Crippen molar-refractivity contribution in [3.63, 3.8) is 0 Å². The van der Waals surface area contributed by atoms with E-state index in [2.05, 4.69) is 102 Å². The van der Waals surface area contributed by atoms with Gasteiger partial charge in [0, 0.05) is 32.8 Å². The Hall–Kier alpha value is -4.32. The van der Waals surface area contributed by atoms with Crippen LogP contribution < -0.4 is 5.46 Å². The van der Waals surface area contributed by atoms with Gasteiger partial charge in [0.2, 0.25) is 0 Å². The van der Waals surface area contributed by atoms with Crippen molar-refractivity contribution in [3.8, 4) is 16.8 Å². The first-order chi connectivity index (χ1) is 20.3. The number of aromatic nitrogens is 1. The normalized spacial score (nSPS) is 13.1. The molecule has 1 N–H and O–H groups in total. The molecule has 207 valence electrons. The monoisotopic (exact) mass is 550 g/mol. The second kappa shape index (κ2) is 10.2. The maximum atomic E-state index is 10.7. The van der Waals surface area contributed by atoms with Gasteiger partial charge in [0.05, 0.1) is 22.7 Å². The molecule has 7 aromatic rings. The number of hydrogen-bond acceptors (Lipinski definition) is 3. The summed E-state index contributed by atoms with van der Waals surface area (Å²) in [5.74, 6) is 0.0806. The fourth-order valence-corrected chi connectivity index (χ4v) is 6.25. The molecular weight excluding hydrogens is 517 g/mol. The fraction of sp³-hybridized carbons (Fsp3) is 0.189. The quantitative estimate of drug-likeness (QED) is 0.203. The van der Waals surface area contributed by atoms with Crippen LogP contribution in [-0.2, 0) is 4.65 Å². The molecule has 5 heteroatoms. The van der Waals surface area contributed by atoms with Gasteiger partial charge in [-0.05, 0) is 61.1 Å². The predicted octanol–water partition coefficient (Wildman–Crippen LogP) is 8.41. The minimum absolute atomic E-state index is 0.0806. The molecule has 4 nitrogen and oxygen atoms in total. The first kappa shape index (κ1) is 26.6. The van der Waals surface area contributed by atoms with Gasteiger partial charge < -0.3 is 18.7 Å². The van der Waals surface area contributed by atoms with Crippen LogP contribution in [0.15, 0.2) is 114 Å². The molecule has 0 saturated carbocycles. The molecule has 0 bridgehead atoms. The molecule has 2 aromatic heterocycles. The van der Waals surface area contributed by atoms with Crippen LogP contribution in [0.25, 0.3) is 60.6 Å². The van der Waals surface area contributed by atoms with Crippen molar-refractivity contribution in [2.24, 2.45) is 5.92 Å². The van der Waals surface area contributed by atoms with Crippen molar-refractivity contribution in [2.75, 3.05) is 0 Å². The van der Waals surface area contributed by atoms with E-state index in [1.807, 2.05) is 39.8 Å². The number of para-hydroxylation sites is 4. The van der Waals surface area contributed by atoms with Gasteiger partial charge in [-0.1, -0.05) is 92.7 Å². The third-order valence-electron chi connectivity index (χ3n) is 8.39. The summed E-state index contributed by atoms with van der Waals surface area (Å²) in [5, 5.41) is 15.2. The summed E-state index contributed by atoms with van der Waals surface area (Å²) >= 11 is 0. The van der Waals surface area contributed by atoms with Gasteiger partial charge in [-0.3, -0.25) is 0 Å². The molecule has 0 aliphatic rings.